The predicted octanol–water partition coefficient (Wildman–Crippen LogP) is 3.56. The van der Waals surface area contributed by atoms with Crippen LogP contribution in [0, 0.1) is 11.8 Å². The van der Waals surface area contributed by atoms with Crippen molar-refractivity contribution in [2.75, 3.05) is 10.6 Å². The van der Waals surface area contributed by atoms with E-state index in [0.717, 1.165) is 48.4 Å². The number of hydrogen-bond acceptors (Lipinski definition) is 3. The highest BCUT2D eigenvalue weighted by molar-refractivity contribution is 5.97. The minimum Gasteiger partial charge on any atom is -0.326 e. The molecule has 2 atom stereocenters. The molecule has 1 saturated carbocycles. The number of nitrogens with one attached hydrogen (secondary N) is 2. The van der Waals surface area contributed by atoms with Crippen LogP contribution in [0.4, 0.5) is 11.4 Å². The number of anilines is 2. The van der Waals surface area contributed by atoms with Crippen molar-refractivity contribution in [1.29, 1.82) is 0 Å². The normalized spacial score (nSPS) is 21.4. The van der Waals surface area contributed by atoms with E-state index in [9.17, 15) is 9.59 Å². The highest BCUT2D eigenvalue weighted by atomic mass is 16.2. The van der Waals surface area contributed by atoms with Crippen LogP contribution in [0.2, 0.25) is 0 Å². The van der Waals surface area contributed by atoms with Crippen molar-refractivity contribution >= 4 is 23.2 Å². The maximum atomic E-state index is 12.7. The molecule has 6 heteroatoms. The van der Waals surface area contributed by atoms with Gasteiger partial charge in [-0.25, -0.2) is 0 Å². The first kappa shape index (κ1) is 17.8. The summed E-state index contributed by atoms with van der Waals surface area (Å²) >= 11 is 0. The molecule has 0 spiro atoms. The number of aryl methyl sites for hydroxylation is 1. The fourth-order valence-corrected chi connectivity index (χ4v) is 3.84. The number of fused-ring (bicyclic) bond motifs is 1. The summed E-state index contributed by atoms with van der Waals surface area (Å²) in [5, 5.41) is 10.4. The zero-order chi connectivity index (χ0) is 19.0. The largest absolute Gasteiger partial charge is 0.326 e. The summed E-state index contributed by atoms with van der Waals surface area (Å²) in [6.07, 6.45) is 4.97. The van der Waals surface area contributed by atoms with Crippen LogP contribution in [0.25, 0.3) is 0 Å². The van der Waals surface area contributed by atoms with Crippen molar-refractivity contribution < 1.29 is 9.59 Å². The number of amides is 2. The Morgan fingerprint density at radius 1 is 1.33 bits per heavy atom. The Balaban J connectivity index is 1.42. The summed E-state index contributed by atoms with van der Waals surface area (Å²) in [5.74, 6) is 0.826. The Bertz CT molecular complexity index is 871. The van der Waals surface area contributed by atoms with Crippen molar-refractivity contribution in [1.82, 2.24) is 9.78 Å². The Morgan fingerprint density at radius 2 is 2.19 bits per heavy atom. The third kappa shape index (κ3) is 3.89. The van der Waals surface area contributed by atoms with Gasteiger partial charge in [0.25, 0.3) is 0 Å². The van der Waals surface area contributed by atoms with Gasteiger partial charge >= 0.3 is 0 Å². The summed E-state index contributed by atoms with van der Waals surface area (Å²) in [6, 6.07) is 7.82. The van der Waals surface area contributed by atoms with E-state index in [-0.39, 0.29) is 23.7 Å². The minimum absolute atomic E-state index is 0.0130. The molecule has 2 aromatic rings. The second kappa shape index (κ2) is 7.18. The molecule has 0 saturated heterocycles. The molecule has 2 aliphatic rings. The lowest BCUT2D eigenvalue weighted by Gasteiger charge is -2.11. The lowest BCUT2D eigenvalue weighted by molar-refractivity contribution is -0.117. The van der Waals surface area contributed by atoms with Crippen LogP contribution < -0.4 is 10.6 Å². The molecule has 0 bridgehead atoms. The molecule has 2 N–H and O–H groups in total. The Morgan fingerprint density at radius 3 is 3.00 bits per heavy atom. The lowest BCUT2D eigenvalue weighted by Crippen LogP contribution is -2.16. The van der Waals surface area contributed by atoms with Crippen molar-refractivity contribution in [2.45, 2.75) is 52.0 Å². The predicted molar refractivity (Wildman–Crippen MR) is 105 cm³/mol. The van der Waals surface area contributed by atoms with E-state index in [1.807, 2.05) is 35.1 Å². The number of benzene rings is 1. The summed E-state index contributed by atoms with van der Waals surface area (Å²) in [5.41, 5.74) is 3.83. The minimum atomic E-state index is -0.0130. The molecule has 1 aliphatic carbocycles. The van der Waals surface area contributed by atoms with Crippen LogP contribution in [-0.4, -0.2) is 21.6 Å². The molecule has 0 unspecified atom stereocenters. The van der Waals surface area contributed by atoms with Gasteiger partial charge in [-0.05, 0) is 48.9 Å². The van der Waals surface area contributed by atoms with Gasteiger partial charge in [-0.1, -0.05) is 19.9 Å². The molecule has 1 aromatic heterocycles. The smallest absolute Gasteiger partial charge is 0.228 e. The molecule has 1 aliphatic heterocycles. The van der Waals surface area contributed by atoms with Gasteiger partial charge in [0.05, 0.1) is 0 Å². The van der Waals surface area contributed by atoms with Gasteiger partial charge in [0.1, 0.15) is 0 Å². The molecular formula is C21H26N4O2. The van der Waals surface area contributed by atoms with Gasteiger partial charge in [0.15, 0.2) is 0 Å². The quantitative estimate of drug-likeness (QED) is 0.849. The number of carbonyl (C=O) groups is 2. The third-order valence-electron chi connectivity index (χ3n) is 5.30. The molecule has 142 valence electrons. The van der Waals surface area contributed by atoms with Crippen LogP contribution in [0.3, 0.4) is 0 Å². The SMILES string of the molecule is CC(C)Cn1nccc1[C@@H]1C[C@H]1C(=O)Nc1ccc2c(c1)NC(=O)CCC2. The molecule has 27 heavy (non-hydrogen) atoms. The van der Waals surface area contributed by atoms with Gasteiger partial charge in [0.2, 0.25) is 11.8 Å². The van der Waals surface area contributed by atoms with E-state index in [0.29, 0.717) is 12.3 Å². The van der Waals surface area contributed by atoms with Crippen LogP contribution >= 0.6 is 0 Å². The number of aromatic nitrogens is 2. The zero-order valence-corrected chi connectivity index (χ0v) is 15.9. The standard InChI is InChI=1S/C21H26N4O2/c1-13(2)12-25-19(8-9-22-25)16-11-17(16)21(27)23-15-7-6-14-4-3-5-20(26)24-18(14)10-15/h6-10,13,16-17H,3-5,11-12H2,1-2H3,(H,23,27)(H,24,26)/t16-,17-/m1/s1. The Labute approximate surface area is 159 Å². The van der Waals surface area contributed by atoms with E-state index in [4.69, 9.17) is 0 Å². The van der Waals surface area contributed by atoms with Crippen molar-refractivity contribution in [3.63, 3.8) is 0 Å². The van der Waals surface area contributed by atoms with E-state index < -0.39 is 0 Å². The number of nitrogens with zero attached hydrogens (tertiary/aromatic N) is 2. The van der Waals surface area contributed by atoms with Crippen LogP contribution in [0.5, 0.6) is 0 Å². The first-order valence-electron chi connectivity index (χ1n) is 9.76. The van der Waals surface area contributed by atoms with E-state index in [2.05, 4.69) is 29.6 Å². The average Bonchev–Trinajstić information content (AvgIpc) is 3.32. The van der Waals surface area contributed by atoms with Crippen molar-refractivity contribution in [3.05, 3.63) is 41.7 Å². The fraction of sp³-hybridized carbons (Fsp3) is 0.476. The van der Waals surface area contributed by atoms with Crippen molar-refractivity contribution in [2.24, 2.45) is 11.8 Å². The Hall–Kier alpha value is -2.63. The molecule has 1 fully saturated rings. The van der Waals surface area contributed by atoms with Crippen LogP contribution in [-0.2, 0) is 22.6 Å². The van der Waals surface area contributed by atoms with Crippen molar-refractivity contribution in [3.8, 4) is 0 Å². The van der Waals surface area contributed by atoms with Crippen LogP contribution in [0.1, 0.15) is 50.3 Å². The summed E-state index contributed by atoms with van der Waals surface area (Å²) in [6.45, 7) is 5.21. The fourth-order valence-electron chi connectivity index (χ4n) is 3.84. The van der Waals surface area contributed by atoms with Gasteiger partial charge in [0, 0.05) is 48.1 Å². The molecule has 2 amide bonds. The van der Waals surface area contributed by atoms with Gasteiger partial charge in [-0.15, -0.1) is 0 Å². The van der Waals surface area contributed by atoms with E-state index >= 15 is 0 Å². The van der Waals surface area contributed by atoms with Gasteiger partial charge in [-0.3, -0.25) is 14.3 Å². The third-order valence-corrected chi connectivity index (χ3v) is 5.30. The summed E-state index contributed by atoms with van der Waals surface area (Å²) in [7, 11) is 0. The molecular weight excluding hydrogens is 340 g/mol. The van der Waals surface area contributed by atoms with Gasteiger partial charge < -0.3 is 10.6 Å². The highest BCUT2D eigenvalue weighted by Crippen LogP contribution is 2.48. The summed E-state index contributed by atoms with van der Waals surface area (Å²) in [4.78, 5) is 24.5. The molecule has 4 rings (SSSR count). The second-order valence-corrected chi connectivity index (χ2v) is 8.04. The maximum absolute atomic E-state index is 12.7. The zero-order valence-electron chi connectivity index (χ0n) is 15.9. The van der Waals surface area contributed by atoms with Gasteiger partial charge in [-0.2, -0.15) is 5.10 Å². The molecule has 6 nitrogen and oxygen atoms in total. The van der Waals surface area contributed by atoms with E-state index in [1.54, 1.807) is 0 Å². The average molecular weight is 366 g/mol. The number of rotatable bonds is 5. The first-order chi connectivity index (χ1) is 13.0. The topological polar surface area (TPSA) is 76.0 Å². The maximum Gasteiger partial charge on any atom is 0.228 e. The van der Waals surface area contributed by atoms with E-state index in [1.165, 1.54) is 0 Å². The molecule has 2 heterocycles. The summed E-state index contributed by atoms with van der Waals surface area (Å²) < 4.78 is 2.03. The molecule has 1 aromatic carbocycles. The lowest BCUT2D eigenvalue weighted by atomic mass is 10.1. The second-order valence-electron chi connectivity index (χ2n) is 8.04. The monoisotopic (exact) mass is 366 g/mol. The molecule has 0 radical (unpaired) electrons. The van der Waals surface area contributed by atoms with Crippen LogP contribution in [0.15, 0.2) is 30.5 Å². The number of carbonyl (C=O) groups excluding carboxylic acids is 2. The Kier molecular flexibility index (Phi) is 4.72. The number of hydrogen-bond donors (Lipinski definition) is 2. The first-order valence-corrected chi connectivity index (χ1v) is 9.76. The highest BCUT2D eigenvalue weighted by Gasteiger charge is 2.45.